The maximum Gasteiger partial charge on any atom is 0.274 e. The summed E-state index contributed by atoms with van der Waals surface area (Å²) >= 11 is 0. The van der Waals surface area contributed by atoms with Crippen LogP contribution in [-0.2, 0) is 4.79 Å². The van der Waals surface area contributed by atoms with Gasteiger partial charge in [0.15, 0.2) is 11.5 Å². The third kappa shape index (κ3) is 5.34. The van der Waals surface area contributed by atoms with Crippen LogP contribution in [0.5, 0.6) is 5.88 Å². The molecule has 2 aromatic heterocycles. The zero-order chi connectivity index (χ0) is 24.2. The Morgan fingerprint density at radius 1 is 1.15 bits per heavy atom. The number of likely N-dealkylation sites (tertiary alicyclic amines) is 1. The van der Waals surface area contributed by atoms with Crippen LogP contribution in [0.4, 0.5) is 13.2 Å². The SMILES string of the molecule is COc1cc(-c2cc(C(=O)N3CCC(C(=O)N[C@H]4CC[C@@H](C(F)F)CC4)CC3)n[nH]2)c(F)cn1. The van der Waals surface area contributed by atoms with Crippen LogP contribution < -0.4 is 10.1 Å². The summed E-state index contributed by atoms with van der Waals surface area (Å²) in [6.45, 7) is 0.795. The van der Waals surface area contributed by atoms with E-state index in [1.54, 1.807) is 4.90 Å². The Bertz CT molecular complexity index is 1020. The van der Waals surface area contributed by atoms with Gasteiger partial charge in [-0.2, -0.15) is 5.10 Å². The van der Waals surface area contributed by atoms with Crippen molar-refractivity contribution in [3.8, 4) is 17.1 Å². The van der Waals surface area contributed by atoms with E-state index in [4.69, 9.17) is 4.74 Å². The fourth-order valence-corrected chi connectivity index (χ4v) is 4.65. The first-order valence-electron chi connectivity index (χ1n) is 11.5. The molecule has 2 fully saturated rings. The Labute approximate surface area is 195 Å². The van der Waals surface area contributed by atoms with E-state index in [1.807, 2.05) is 0 Å². The fourth-order valence-electron chi connectivity index (χ4n) is 4.65. The predicted octanol–water partition coefficient (Wildman–Crippen LogP) is 3.41. The molecule has 2 aliphatic rings. The van der Waals surface area contributed by atoms with Crippen LogP contribution in [0.15, 0.2) is 18.3 Å². The Hall–Kier alpha value is -3.11. The number of rotatable bonds is 6. The second kappa shape index (κ2) is 10.4. The van der Waals surface area contributed by atoms with Crippen molar-refractivity contribution in [3.63, 3.8) is 0 Å². The molecule has 0 unspecified atom stereocenters. The molecular weight excluding hydrogens is 451 g/mol. The number of nitrogens with zero attached hydrogens (tertiary/aromatic N) is 3. The number of aromatic nitrogens is 3. The summed E-state index contributed by atoms with van der Waals surface area (Å²) in [6.07, 6.45) is 1.77. The quantitative estimate of drug-likeness (QED) is 0.662. The molecule has 0 radical (unpaired) electrons. The predicted molar refractivity (Wildman–Crippen MR) is 117 cm³/mol. The summed E-state index contributed by atoms with van der Waals surface area (Å²) in [5.41, 5.74) is 0.678. The number of pyridine rings is 1. The third-order valence-corrected chi connectivity index (χ3v) is 6.75. The van der Waals surface area contributed by atoms with Crippen molar-refractivity contribution in [2.45, 2.75) is 51.0 Å². The number of ether oxygens (including phenoxy) is 1. The smallest absolute Gasteiger partial charge is 0.274 e. The summed E-state index contributed by atoms with van der Waals surface area (Å²) in [5.74, 6) is -1.49. The molecule has 2 amide bonds. The maximum atomic E-state index is 14.2. The molecule has 11 heteroatoms. The molecule has 2 N–H and O–H groups in total. The number of aromatic amines is 1. The molecule has 0 spiro atoms. The van der Waals surface area contributed by atoms with Crippen molar-refractivity contribution in [1.82, 2.24) is 25.4 Å². The van der Waals surface area contributed by atoms with E-state index in [2.05, 4.69) is 20.5 Å². The van der Waals surface area contributed by atoms with Gasteiger partial charge in [0.05, 0.1) is 19.0 Å². The Kier molecular flexibility index (Phi) is 7.38. The van der Waals surface area contributed by atoms with Crippen LogP contribution >= 0.6 is 0 Å². The van der Waals surface area contributed by atoms with E-state index in [0.717, 1.165) is 6.20 Å². The number of piperidine rings is 1. The number of methoxy groups -OCH3 is 1. The number of hydrogen-bond donors (Lipinski definition) is 2. The summed E-state index contributed by atoms with van der Waals surface area (Å²) in [6, 6.07) is 2.84. The molecule has 34 heavy (non-hydrogen) atoms. The van der Waals surface area contributed by atoms with Crippen molar-refractivity contribution in [1.29, 1.82) is 0 Å². The van der Waals surface area contributed by atoms with Gasteiger partial charge in [-0.05, 0) is 44.6 Å². The lowest BCUT2D eigenvalue weighted by Gasteiger charge is -2.33. The first kappa shape index (κ1) is 24.0. The van der Waals surface area contributed by atoms with E-state index in [-0.39, 0.29) is 40.9 Å². The molecule has 0 atom stereocenters. The number of alkyl halides is 2. The van der Waals surface area contributed by atoms with Gasteiger partial charge < -0.3 is 15.0 Å². The molecule has 0 bridgehead atoms. The van der Waals surface area contributed by atoms with Gasteiger partial charge in [-0.15, -0.1) is 0 Å². The molecule has 0 aromatic carbocycles. The van der Waals surface area contributed by atoms with Crippen LogP contribution in [0.2, 0.25) is 0 Å². The van der Waals surface area contributed by atoms with Crippen LogP contribution in [-0.4, -0.2) is 64.6 Å². The minimum absolute atomic E-state index is 0.0585. The summed E-state index contributed by atoms with van der Waals surface area (Å²) < 4.78 is 44.8. The molecule has 1 saturated heterocycles. The number of amides is 2. The van der Waals surface area contributed by atoms with Crippen molar-refractivity contribution in [2.75, 3.05) is 20.2 Å². The molecule has 3 heterocycles. The number of halogens is 3. The molecule has 184 valence electrons. The van der Waals surface area contributed by atoms with Gasteiger partial charge in [0.1, 0.15) is 0 Å². The molecule has 1 saturated carbocycles. The van der Waals surface area contributed by atoms with Gasteiger partial charge in [-0.1, -0.05) is 0 Å². The third-order valence-electron chi connectivity index (χ3n) is 6.75. The average Bonchev–Trinajstić information content (AvgIpc) is 3.34. The van der Waals surface area contributed by atoms with Gasteiger partial charge in [0.2, 0.25) is 18.2 Å². The van der Waals surface area contributed by atoms with Gasteiger partial charge in [-0.3, -0.25) is 14.7 Å². The molecule has 8 nitrogen and oxygen atoms in total. The van der Waals surface area contributed by atoms with Crippen molar-refractivity contribution in [2.24, 2.45) is 11.8 Å². The van der Waals surface area contributed by atoms with E-state index in [1.165, 1.54) is 19.2 Å². The van der Waals surface area contributed by atoms with Crippen molar-refractivity contribution < 1.29 is 27.5 Å². The fraction of sp³-hybridized carbons (Fsp3) is 0.565. The van der Waals surface area contributed by atoms with Crippen LogP contribution in [0.25, 0.3) is 11.3 Å². The summed E-state index contributed by atoms with van der Waals surface area (Å²) in [5, 5.41) is 9.73. The number of hydrogen-bond acceptors (Lipinski definition) is 5. The first-order chi connectivity index (χ1) is 16.4. The van der Waals surface area contributed by atoms with E-state index < -0.39 is 18.2 Å². The first-order valence-corrected chi connectivity index (χ1v) is 11.5. The zero-order valence-electron chi connectivity index (χ0n) is 18.9. The van der Waals surface area contributed by atoms with Crippen molar-refractivity contribution in [3.05, 3.63) is 29.8 Å². The zero-order valence-corrected chi connectivity index (χ0v) is 18.9. The summed E-state index contributed by atoms with van der Waals surface area (Å²) in [4.78, 5) is 30.9. The van der Waals surface area contributed by atoms with Crippen molar-refractivity contribution >= 4 is 11.8 Å². The van der Waals surface area contributed by atoms with E-state index >= 15 is 0 Å². The lowest BCUT2D eigenvalue weighted by atomic mass is 9.85. The normalized spacial score (nSPS) is 21.5. The number of H-pyrrole nitrogens is 1. The Balaban J connectivity index is 1.29. The number of carbonyl (C=O) groups is 2. The molecule has 4 rings (SSSR count). The minimum Gasteiger partial charge on any atom is -0.481 e. The monoisotopic (exact) mass is 479 g/mol. The van der Waals surface area contributed by atoms with Gasteiger partial charge in [-0.25, -0.2) is 18.2 Å². The molecular formula is C23H28F3N5O3. The Morgan fingerprint density at radius 3 is 2.50 bits per heavy atom. The maximum absolute atomic E-state index is 14.2. The van der Waals surface area contributed by atoms with Gasteiger partial charge >= 0.3 is 0 Å². The minimum atomic E-state index is -2.30. The largest absolute Gasteiger partial charge is 0.481 e. The van der Waals surface area contributed by atoms with Crippen LogP contribution in [0, 0.1) is 17.7 Å². The highest BCUT2D eigenvalue weighted by molar-refractivity contribution is 5.93. The highest BCUT2D eigenvalue weighted by Crippen LogP contribution is 2.30. The number of nitrogens with one attached hydrogen (secondary N) is 2. The highest BCUT2D eigenvalue weighted by atomic mass is 19.3. The lowest BCUT2D eigenvalue weighted by molar-refractivity contribution is -0.127. The van der Waals surface area contributed by atoms with Gasteiger partial charge in [0.25, 0.3) is 5.91 Å². The lowest BCUT2D eigenvalue weighted by Crippen LogP contribution is -2.46. The second-order valence-electron chi connectivity index (χ2n) is 8.89. The van der Waals surface area contributed by atoms with E-state index in [9.17, 15) is 22.8 Å². The average molecular weight is 480 g/mol. The summed E-state index contributed by atoms with van der Waals surface area (Å²) in [7, 11) is 1.42. The molecule has 2 aromatic rings. The van der Waals surface area contributed by atoms with E-state index in [0.29, 0.717) is 57.3 Å². The second-order valence-corrected chi connectivity index (χ2v) is 8.89. The standard InChI is InChI=1S/C23H28F3N5O3/c1-34-20-10-16(17(24)12-27-20)18-11-19(30-29-18)23(33)31-8-6-14(7-9-31)22(32)28-15-4-2-13(3-5-15)21(25)26/h10-15,21H,2-9H2,1H3,(H,28,32)(H,29,30)/t13-,15+. The topological polar surface area (TPSA) is 100 Å². The molecule has 1 aliphatic carbocycles. The van der Waals surface area contributed by atoms with Crippen LogP contribution in [0.1, 0.15) is 49.0 Å². The number of carbonyl (C=O) groups excluding carboxylic acids is 2. The highest BCUT2D eigenvalue weighted by Gasteiger charge is 2.32. The van der Waals surface area contributed by atoms with Crippen LogP contribution in [0.3, 0.4) is 0 Å². The molecule has 1 aliphatic heterocycles. The Morgan fingerprint density at radius 2 is 1.85 bits per heavy atom. The van der Waals surface area contributed by atoms with Gasteiger partial charge in [0, 0.05) is 42.6 Å².